The maximum absolute atomic E-state index is 12.5. The third kappa shape index (κ3) is 3.57. The molecule has 0 spiro atoms. The van der Waals surface area contributed by atoms with Gasteiger partial charge in [-0.25, -0.2) is 4.79 Å². The van der Waals surface area contributed by atoms with Gasteiger partial charge in [0.05, 0.1) is 12.2 Å². The highest BCUT2D eigenvalue weighted by Gasteiger charge is 2.43. The Balaban J connectivity index is 1.66. The summed E-state index contributed by atoms with van der Waals surface area (Å²) in [6, 6.07) is 7.78. The number of benzene rings is 1. The molecule has 5 N–H and O–H groups in total. The Labute approximate surface area is 169 Å². The summed E-state index contributed by atoms with van der Waals surface area (Å²) in [5, 5.41) is 45.2. The minimum atomic E-state index is -1.45. The van der Waals surface area contributed by atoms with E-state index in [0.717, 1.165) is 15.8 Å². The fraction of sp³-hybridized carbons (Fsp3) is 0.350. The first-order valence-corrected chi connectivity index (χ1v) is 9.97. The molecule has 0 aliphatic carbocycles. The average molecular weight is 419 g/mol. The third-order valence-electron chi connectivity index (χ3n) is 5.17. The lowest BCUT2D eigenvalue weighted by atomic mass is 9.96. The van der Waals surface area contributed by atoms with Gasteiger partial charge in [0.15, 0.2) is 6.29 Å². The number of hydrogen-bond donors (Lipinski definition) is 5. The van der Waals surface area contributed by atoms with Crippen LogP contribution in [0, 0.1) is 6.92 Å². The SMILES string of the molecule is Cc1c(-c2cccs2)c(=O)oc2cc(NC3[C@@H](O)OC(CO)[C@H](O)[C@H]3O)ccc12. The van der Waals surface area contributed by atoms with Crippen LogP contribution >= 0.6 is 11.3 Å². The molecule has 3 heterocycles. The van der Waals surface area contributed by atoms with Gasteiger partial charge >= 0.3 is 5.63 Å². The van der Waals surface area contributed by atoms with Crippen molar-refractivity contribution < 1.29 is 29.6 Å². The second-order valence-electron chi connectivity index (χ2n) is 6.98. The van der Waals surface area contributed by atoms with E-state index in [0.29, 0.717) is 16.8 Å². The minimum Gasteiger partial charge on any atom is -0.422 e. The lowest BCUT2D eigenvalue weighted by Gasteiger charge is -2.40. The summed E-state index contributed by atoms with van der Waals surface area (Å²) >= 11 is 1.46. The first-order chi connectivity index (χ1) is 13.9. The summed E-state index contributed by atoms with van der Waals surface area (Å²) in [6.07, 6.45) is -5.27. The van der Waals surface area contributed by atoms with E-state index in [1.54, 1.807) is 18.2 Å². The molecular weight excluding hydrogens is 398 g/mol. The highest BCUT2D eigenvalue weighted by atomic mass is 32.1. The van der Waals surface area contributed by atoms with Crippen molar-refractivity contribution in [2.24, 2.45) is 0 Å². The molecule has 9 heteroatoms. The maximum Gasteiger partial charge on any atom is 0.345 e. The predicted molar refractivity (Wildman–Crippen MR) is 108 cm³/mol. The van der Waals surface area contributed by atoms with Gasteiger partial charge in [-0.2, -0.15) is 0 Å². The van der Waals surface area contributed by atoms with Crippen LogP contribution in [-0.4, -0.2) is 57.7 Å². The van der Waals surface area contributed by atoms with Gasteiger partial charge < -0.3 is 34.9 Å². The summed E-state index contributed by atoms with van der Waals surface area (Å²) in [4.78, 5) is 13.4. The molecule has 154 valence electrons. The van der Waals surface area contributed by atoms with Crippen molar-refractivity contribution >= 4 is 28.0 Å². The Morgan fingerprint density at radius 3 is 2.66 bits per heavy atom. The molecule has 1 saturated heterocycles. The number of aryl methyl sites for hydroxylation is 1. The summed E-state index contributed by atoms with van der Waals surface area (Å²) < 4.78 is 10.7. The molecule has 3 aromatic rings. The Hall–Kier alpha value is -2.27. The van der Waals surface area contributed by atoms with E-state index < -0.39 is 42.9 Å². The van der Waals surface area contributed by atoms with Gasteiger partial charge in [0.2, 0.25) is 0 Å². The zero-order chi connectivity index (χ0) is 20.7. The molecule has 29 heavy (non-hydrogen) atoms. The molecule has 1 aliphatic rings. The summed E-state index contributed by atoms with van der Waals surface area (Å²) in [6.45, 7) is 1.32. The van der Waals surface area contributed by atoms with Crippen LogP contribution in [-0.2, 0) is 4.74 Å². The summed E-state index contributed by atoms with van der Waals surface area (Å²) in [5.41, 5.74) is 1.69. The molecule has 1 fully saturated rings. The maximum atomic E-state index is 12.5. The van der Waals surface area contributed by atoms with Crippen LogP contribution in [0.2, 0.25) is 0 Å². The fourth-order valence-electron chi connectivity index (χ4n) is 3.60. The van der Waals surface area contributed by atoms with E-state index >= 15 is 0 Å². The van der Waals surface area contributed by atoms with E-state index in [-0.39, 0.29) is 0 Å². The van der Waals surface area contributed by atoms with Crippen molar-refractivity contribution in [3.63, 3.8) is 0 Å². The van der Waals surface area contributed by atoms with E-state index in [4.69, 9.17) is 14.3 Å². The number of hydrogen-bond acceptors (Lipinski definition) is 9. The second kappa shape index (κ2) is 7.86. The molecule has 1 aliphatic heterocycles. The van der Waals surface area contributed by atoms with Crippen molar-refractivity contribution in [1.29, 1.82) is 0 Å². The second-order valence-corrected chi connectivity index (χ2v) is 7.92. The van der Waals surface area contributed by atoms with Crippen LogP contribution in [0.4, 0.5) is 5.69 Å². The Kier molecular flexibility index (Phi) is 5.43. The number of rotatable bonds is 4. The van der Waals surface area contributed by atoms with Gasteiger partial charge in [0.25, 0.3) is 0 Å². The first kappa shape index (κ1) is 20.0. The van der Waals surface area contributed by atoms with Gasteiger partial charge in [-0.3, -0.25) is 0 Å². The Morgan fingerprint density at radius 2 is 1.97 bits per heavy atom. The quantitative estimate of drug-likeness (QED) is 0.396. The number of fused-ring (bicyclic) bond motifs is 1. The van der Waals surface area contributed by atoms with E-state index in [9.17, 15) is 20.1 Å². The lowest BCUT2D eigenvalue weighted by molar-refractivity contribution is -0.245. The molecule has 0 radical (unpaired) electrons. The first-order valence-electron chi connectivity index (χ1n) is 9.09. The van der Waals surface area contributed by atoms with Gasteiger partial charge in [-0.1, -0.05) is 6.07 Å². The van der Waals surface area contributed by atoms with Crippen molar-refractivity contribution in [1.82, 2.24) is 0 Å². The van der Waals surface area contributed by atoms with Crippen LogP contribution in [0.1, 0.15) is 5.56 Å². The van der Waals surface area contributed by atoms with Crippen LogP contribution in [0.15, 0.2) is 44.9 Å². The van der Waals surface area contributed by atoms with E-state index in [1.165, 1.54) is 11.3 Å². The predicted octanol–water partition coefficient (Wildman–Crippen LogP) is 1.04. The molecule has 0 bridgehead atoms. The summed E-state index contributed by atoms with van der Waals surface area (Å²) in [7, 11) is 0. The third-order valence-corrected chi connectivity index (χ3v) is 6.06. The molecule has 8 nitrogen and oxygen atoms in total. The number of aliphatic hydroxyl groups excluding tert-OH is 4. The number of thiophene rings is 1. The molecule has 4 rings (SSSR count). The number of anilines is 1. The molecular formula is C20H21NO7S. The van der Waals surface area contributed by atoms with Crippen molar-refractivity contribution in [3.05, 3.63) is 51.7 Å². The average Bonchev–Trinajstić information content (AvgIpc) is 3.22. The van der Waals surface area contributed by atoms with Gasteiger partial charge in [-0.05, 0) is 36.1 Å². The number of aliphatic hydroxyl groups is 4. The standard InChI is InChI=1S/C20H21NO7S/c1-9-11-5-4-10(21-16-18(24)17(23)13(8-22)28-20(16)26)7-12(11)27-19(25)15(9)14-3-2-6-29-14/h2-7,13,16-18,20-24,26H,8H2,1H3/t13?,16?,17-,18-,20-/m0/s1. The van der Waals surface area contributed by atoms with Crippen molar-refractivity contribution in [3.8, 4) is 10.4 Å². The fourth-order valence-corrected chi connectivity index (χ4v) is 4.41. The number of nitrogens with one attached hydrogen (secondary N) is 1. The minimum absolute atomic E-state index is 0.354. The molecule has 2 unspecified atom stereocenters. The van der Waals surface area contributed by atoms with Crippen LogP contribution in [0.5, 0.6) is 0 Å². The molecule has 2 aromatic heterocycles. The lowest BCUT2D eigenvalue weighted by Crippen LogP contribution is -2.61. The van der Waals surface area contributed by atoms with Crippen molar-refractivity contribution in [2.75, 3.05) is 11.9 Å². The Bertz CT molecular complexity index is 1060. The van der Waals surface area contributed by atoms with Gasteiger partial charge in [0, 0.05) is 22.0 Å². The smallest absolute Gasteiger partial charge is 0.345 e. The van der Waals surface area contributed by atoms with Crippen molar-refractivity contribution in [2.45, 2.75) is 37.6 Å². The van der Waals surface area contributed by atoms with Crippen LogP contribution in [0.25, 0.3) is 21.4 Å². The highest BCUT2D eigenvalue weighted by molar-refractivity contribution is 7.13. The molecule has 1 aromatic carbocycles. The van der Waals surface area contributed by atoms with Crippen LogP contribution in [0.3, 0.4) is 0 Å². The highest BCUT2D eigenvalue weighted by Crippen LogP contribution is 2.31. The molecule has 0 saturated carbocycles. The topological polar surface area (TPSA) is 132 Å². The molecule has 0 amide bonds. The van der Waals surface area contributed by atoms with E-state index in [1.807, 2.05) is 24.4 Å². The van der Waals surface area contributed by atoms with Gasteiger partial charge in [0.1, 0.15) is 29.9 Å². The van der Waals surface area contributed by atoms with E-state index in [2.05, 4.69) is 5.32 Å². The zero-order valence-corrected chi connectivity index (χ0v) is 16.3. The summed E-state index contributed by atoms with van der Waals surface area (Å²) in [5.74, 6) is 0. The zero-order valence-electron chi connectivity index (χ0n) is 15.5. The number of ether oxygens (including phenoxy) is 1. The normalized spacial score (nSPS) is 27.3. The Morgan fingerprint density at radius 1 is 1.17 bits per heavy atom. The van der Waals surface area contributed by atoms with Crippen LogP contribution < -0.4 is 10.9 Å². The monoisotopic (exact) mass is 419 g/mol. The molecule has 5 atom stereocenters. The largest absolute Gasteiger partial charge is 0.422 e. The van der Waals surface area contributed by atoms with Gasteiger partial charge in [-0.15, -0.1) is 11.3 Å².